The summed E-state index contributed by atoms with van der Waals surface area (Å²) in [6.07, 6.45) is 2.42. The summed E-state index contributed by atoms with van der Waals surface area (Å²) in [6, 6.07) is 10.6. The molecule has 1 unspecified atom stereocenters. The topological polar surface area (TPSA) is 38.1 Å². The van der Waals surface area contributed by atoms with Gasteiger partial charge in [0, 0.05) is 22.7 Å². The van der Waals surface area contributed by atoms with Crippen molar-refractivity contribution < 1.29 is 9.18 Å². The van der Waals surface area contributed by atoms with E-state index in [4.69, 9.17) is 0 Å². The minimum Gasteiger partial charge on any atom is -0.335 e. The van der Waals surface area contributed by atoms with Crippen LogP contribution >= 0.6 is 11.3 Å². The number of amides is 1. The van der Waals surface area contributed by atoms with E-state index in [1.165, 1.54) is 17.0 Å². The monoisotopic (exact) mass is 383 g/mol. The van der Waals surface area contributed by atoms with Gasteiger partial charge in [-0.1, -0.05) is 6.07 Å². The van der Waals surface area contributed by atoms with Crippen molar-refractivity contribution in [1.29, 1.82) is 0 Å². The molecule has 3 heterocycles. The molecule has 0 spiro atoms. The lowest BCUT2D eigenvalue weighted by atomic mass is 10.1. The van der Waals surface area contributed by atoms with Crippen LogP contribution in [0.2, 0.25) is 0 Å². The first-order valence-corrected chi connectivity index (χ1v) is 10.1. The lowest BCUT2D eigenvalue weighted by Gasteiger charge is -2.24. The summed E-state index contributed by atoms with van der Waals surface area (Å²) in [6.45, 7) is 4.70. The molecular formula is C21H22FN3OS. The van der Waals surface area contributed by atoms with Gasteiger partial charge >= 0.3 is 0 Å². The van der Waals surface area contributed by atoms with Gasteiger partial charge in [-0.25, -0.2) is 9.07 Å². The summed E-state index contributed by atoms with van der Waals surface area (Å²) >= 11 is 1.72. The predicted octanol–water partition coefficient (Wildman–Crippen LogP) is 4.60. The van der Waals surface area contributed by atoms with E-state index in [1.807, 2.05) is 24.8 Å². The summed E-state index contributed by atoms with van der Waals surface area (Å²) < 4.78 is 15.0. The number of aromatic nitrogens is 2. The zero-order valence-electron chi connectivity index (χ0n) is 15.5. The first kappa shape index (κ1) is 17.9. The van der Waals surface area contributed by atoms with Crippen LogP contribution < -0.4 is 0 Å². The molecule has 1 aliphatic heterocycles. The first-order chi connectivity index (χ1) is 13.0. The molecule has 4 rings (SSSR count). The predicted molar refractivity (Wildman–Crippen MR) is 105 cm³/mol. The Hall–Kier alpha value is -2.47. The summed E-state index contributed by atoms with van der Waals surface area (Å²) in [7, 11) is 0. The number of aryl methyl sites for hydroxylation is 1. The second-order valence-electron chi connectivity index (χ2n) is 6.97. The first-order valence-electron chi connectivity index (χ1n) is 9.18. The molecule has 0 radical (unpaired) electrons. The third-order valence-electron chi connectivity index (χ3n) is 5.29. The van der Waals surface area contributed by atoms with Crippen LogP contribution in [0.5, 0.6) is 0 Å². The lowest BCUT2D eigenvalue weighted by molar-refractivity contribution is -0.131. The third-order valence-corrected chi connectivity index (χ3v) is 6.26. The second kappa shape index (κ2) is 7.27. The Labute approximate surface area is 162 Å². The molecule has 0 bridgehead atoms. The Bertz CT molecular complexity index is 947. The van der Waals surface area contributed by atoms with E-state index < -0.39 is 0 Å². The van der Waals surface area contributed by atoms with Crippen molar-refractivity contribution in [3.63, 3.8) is 0 Å². The summed E-state index contributed by atoms with van der Waals surface area (Å²) in [5.74, 6) is -0.125. The van der Waals surface area contributed by atoms with Crippen molar-refractivity contribution in [2.24, 2.45) is 0 Å². The minimum absolute atomic E-state index is 0.149. The van der Waals surface area contributed by atoms with Gasteiger partial charge in [0.05, 0.1) is 23.8 Å². The number of benzene rings is 1. The maximum Gasteiger partial charge on any atom is 0.227 e. The largest absolute Gasteiger partial charge is 0.335 e. The van der Waals surface area contributed by atoms with E-state index >= 15 is 0 Å². The fourth-order valence-electron chi connectivity index (χ4n) is 3.86. The molecule has 1 atom stereocenters. The number of carbonyl (C=O) groups is 1. The van der Waals surface area contributed by atoms with Crippen molar-refractivity contribution >= 4 is 17.2 Å². The molecule has 140 valence electrons. The van der Waals surface area contributed by atoms with Crippen molar-refractivity contribution in [2.75, 3.05) is 6.54 Å². The average Bonchev–Trinajstić information content (AvgIpc) is 3.39. The molecule has 1 aromatic carbocycles. The number of carbonyl (C=O) groups excluding carboxylic acids is 1. The average molecular weight is 383 g/mol. The number of thiophene rings is 1. The van der Waals surface area contributed by atoms with Crippen LogP contribution in [0, 0.1) is 19.7 Å². The van der Waals surface area contributed by atoms with E-state index in [2.05, 4.69) is 16.5 Å². The van der Waals surface area contributed by atoms with Gasteiger partial charge in [0.1, 0.15) is 5.82 Å². The number of nitrogens with zero attached hydrogens (tertiary/aromatic N) is 3. The molecular weight excluding hydrogens is 361 g/mol. The SMILES string of the molecule is Cc1nn(-c2ccc(F)cc2)c(C)c1CC(=O)N1CCCC1c1cccs1. The van der Waals surface area contributed by atoms with Crippen molar-refractivity contribution in [1.82, 2.24) is 14.7 Å². The molecule has 1 aliphatic rings. The Morgan fingerprint density at radius 3 is 2.74 bits per heavy atom. The van der Waals surface area contributed by atoms with E-state index in [1.54, 1.807) is 28.2 Å². The molecule has 3 aromatic rings. The number of halogens is 1. The van der Waals surface area contributed by atoms with Crippen LogP contribution in [-0.4, -0.2) is 27.1 Å². The van der Waals surface area contributed by atoms with Crippen LogP contribution in [-0.2, 0) is 11.2 Å². The van der Waals surface area contributed by atoms with Crippen LogP contribution in [0.1, 0.15) is 40.7 Å². The van der Waals surface area contributed by atoms with E-state index in [0.717, 1.165) is 42.0 Å². The number of likely N-dealkylation sites (tertiary alicyclic amines) is 1. The zero-order valence-corrected chi connectivity index (χ0v) is 16.3. The maximum absolute atomic E-state index is 13.2. The van der Waals surface area contributed by atoms with Gasteiger partial charge in [-0.3, -0.25) is 4.79 Å². The molecule has 0 N–H and O–H groups in total. The minimum atomic E-state index is -0.274. The van der Waals surface area contributed by atoms with Gasteiger partial charge in [0.2, 0.25) is 5.91 Å². The summed E-state index contributed by atoms with van der Waals surface area (Å²) in [5, 5.41) is 6.65. The highest BCUT2D eigenvalue weighted by Gasteiger charge is 2.31. The van der Waals surface area contributed by atoms with Crippen molar-refractivity contribution in [3.8, 4) is 5.69 Å². The highest BCUT2D eigenvalue weighted by molar-refractivity contribution is 7.10. The fourth-order valence-corrected chi connectivity index (χ4v) is 4.73. The second-order valence-corrected chi connectivity index (χ2v) is 7.95. The van der Waals surface area contributed by atoms with E-state index in [-0.39, 0.29) is 17.8 Å². The van der Waals surface area contributed by atoms with E-state index in [0.29, 0.717) is 6.42 Å². The summed E-state index contributed by atoms with van der Waals surface area (Å²) in [5.41, 5.74) is 3.53. The van der Waals surface area contributed by atoms with Gasteiger partial charge in [-0.2, -0.15) is 5.10 Å². The quantitative estimate of drug-likeness (QED) is 0.661. The van der Waals surface area contributed by atoms with Gasteiger partial charge in [0.15, 0.2) is 0 Å². The van der Waals surface area contributed by atoms with Gasteiger partial charge < -0.3 is 4.90 Å². The molecule has 27 heavy (non-hydrogen) atoms. The highest BCUT2D eigenvalue weighted by atomic mass is 32.1. The Kier molecular flexibility index (Phi) is 4.83. The zero-order chi connectivity index (χ0) is 19.0. The molecule has 1 saturated heterocycles. The van der Waals surface area contributed by atoms with Gasteiger partial charge in [-0.05, 0) is 62.4 Å². The Balaban J connectivity index is 1.57. The highest BCUT2D eigenvalue weighted by Crippen LogP contribution is 2.35. The molecule has 0 aliphatic carbocycles. The molecule has 4 nitrogen and oxygen atoms in total. The Morgan fingerprint density at radius 2 is 2.04 bits per heavy atom. The van der Waals surface area contributed by atoms with Crippen LogP contribution in [0.3, 0.4) is 0 Å². The smallest absolute Gasteiger partial charge is 0.227 e. The van der Waals surface area contributed by atoms with Gasteiger partial charge in [-0.15, -0.1) is 11.3 Å². The normalized spacial score (nSPS) is 16.9. The summed E-state index contributed by atoms with van der Waals surface area (Å²) in [4.78, 5) is 16.3. The molecule has 1 fully saturated rings. The van der Waals surface area contributed by atoms with Gasteiger partial charge in [0.25, 0.3) is 0 Å². The number of hydrogen-bond acceptors (Lipinski definition) is 3. The maximum atomic E-state index is 13.2. The van der Waals surface area contributed by atoms with Crippen LogP contribution in [0.15, 0.2) is 41.8 Å². The fraction of sp³-hybridized carbons (Fsp3) is 0.333. The number of hydrogen-bond donors (Lipinski definition) is 0. The molecule has 1 amide bonds. The van der Waals surface area contributed by atoms with Crippen LogP contribution in [0.25, 0.3) is 5.69 Å². The lowest BCUT2D eigenvalue weighted by Crippen LogP contribution is -2.31. The number of rotatable bonds is 4. The Morgan fingerprint density at radius 1 is 1.26 bits per heavy atom. The third kappa shape index (κ3) is 3.41. The van der Waals surface area contributed by atoms with Crippen LogP contribution in [0.4, 0.5) is 4.39 Å². The van der Waals surface area contributed by atoms with Crippen molar-refractivity contribution in [3.05, 3.63) is 69.4 Å². The van der Waals surface area contributed by atoms with E-state index in [9.17, 15) is 9.18 Å². The molecule has 2 aromatic heterocycles. The molecule has 0 saturated carbocycles. The van der Waals surface area contributed by atoms with Crippen molar-refractivity contribution in [2.45, 2.75) is 39.2 Å². The standard InChI is InChI=1S/C21H22FN3OS/c1-14-18(15(2)25(23-14)17-9-7-16(22)8-10-17)13-21(26)24-11-3-5-19(24)20-6-4-12-27-20/h4,6-10,12,19H,3,5,11,13H2,1-2H3. The molecule has 6 heteroatoms.